The summed E-state index contributed by atoms with van der Waals surface area (Å²) in [6, 6.07) is -0.692. The summed E-state index contributed by atoms with van der Waals surface area (Å²) in [5.41, 5.74) is 5.35. The normalized spacial score (nSPS) is 11.5. The molecule has 0 radical (unpaired) electrons. The molecule has 0 aromatic heterocycles. The van der Waals surface area contributed by atoms with Crippen LogP contribution in [0.3, 0.4) is 0 Å². The molecule has 7 nitrogen and oxygen atoms in total. The van der Waals surface area contributed by atoms with Gasteiger partial charge in [-0.05, 0) is 25.8 Å². The number of carbonyl (C=O) groups excluding carboxylic acids is 3. The maximum absolute atomic E-state index is 11.5. The Morgan fingerprint density at radius 1 is 1.28 bits per heavy atom. The zero-order chi connectivity index (χ0) is 14.0. The fourth-order valence-electron chi connectivity index (χ4n) is 1.33. The van der Waals surface area contributed by atoms with E-state index in [9.17, 15) is 14.4 Å². The number of unbranched alkanes of at least 4 members (excludes halogenated alkanes) is 1. The highest BCUT2D eigenvalue weighted by atomic mass is 16.5. The average Bonchev–Trinajstić information content (AvgIpc) is 2.34. The van der Waals surface area contributed by atoms with Gasteiger partial charge in [0.25, 0.3) is 0 Å². The fraction of sp³-hybridized carbons (Fsp3) is 0.727. The summed E-state index contributed by atoms with van der Waals surface area (Å²) in [6.07, 6.45) is 1.96. The first kappa shape index (κ1) is 16.4. The van der Waals surface area contributed by atoms with E-state index in [1.54, 1.807) is 0 Å². The predicted molar refractivity (Wildman–Crippen MR) is 65.5 cm³/mol. The van der Waals surface area contributed by atoms with Gasteiger partial charge in [-0.25, -0.2) is 4.79 Å². The molecule has 0 spiro atoms. The second kappa shape index (κ2) is 9.41. The van der Waals surface area contributed by atoms with E-state index in [-0.39, 0.29) is 12.5 Å². The third kappa shape index (κ3) is 7.61. The molecule has 0 fully saturated rings. The lowest BCUT2D eigenvalue weighted by Gasteiger charge is -2.16. The molecule has 104 valence electrons. The Balaban J connectivity index is 4.17. The van der Waals surface area contributed by atoms with Crippen molar-refractivity contribution in [3.63, 3.8) is 0 Å². The van der Waals surface area contributed by atoms with Crippen molar-refractivity contribution in [2.75, 3.05) is 20.2 Å². The van der Waals surface area contributed by atoms with Crippen molar-refractivity contribution in [1.82, 2.24) is 10.6 Å². The topological polar surface area (TPSA) is 111 Å². The molecule has 18 heavy (non-hydrogen) atoms. The fourth-order valence-corrected chi connectivity index (χ4v) is 1.33. The van der Waals surface area contributed by atoms with Gasteiger partial charge in [-0.1, -0.05) is 0 Å². The number of esters is 1. The van der Waals surface area contributed by atoms with Crippen LogP contribution >= 0.6 is 0 Å². The Hall–Kier alpha value is -1.63. The third-order valence-corrected chi connectivity index (χ3v) is 2.27. The summed E-state index contributed by atoms with van der Waals surface area (Å²) in [4.78, 5) is 33.5. The lowest BCUT2D eigenvalue weighted by molar-refractivity contribution is -0.145. The van der Waals surface area contributed by atoms with Crippen molar-refractivity contribution in [1.29, 1.82) is 0 Å². The number of hydrogen-bond acceptors (Lipinski definition) is 5. The first-order valence-corrected chi connectivity index (χ1v) is 5.83. The quantitative estimate of drug-likeness (QED) is 0.379. The van der Waals surface area contributed by atoms with Crippen molar-refractivity contribution in [2.45, 2.75) is 32.2 Å². The molecule has 4 N–H and O–H groups in total. The van der Waals surface area contributed by atoms with Crippen LogP contribution in [0.1, 0.15) is 26.2 Å². The summed E-state index contributed by atoms with van der Waals surface area (Å²) in [7, 11) is 1.26. The van der Waals surface area contributed by atoms with Crippen LogP contribution in [0.15, 0.2) is 0 Å². The Kier molecular flexibility index (Phi) is 8.55. The molecule has 2 amide bonds. The van der Waals surface area contributed by atoms with Crippen LogP contribution in [0.25, 0.3) is 0 Å². The van der Waals surface area contributed by atoms with Crippen molar-refractivity contribution in [2.24, 2.45) is 5.73 Å². The van der Waals surface area contributed by atoms with E-state index in [1.807, 2.05) is 0 Å². The SMILES string of the molecule is COC(=O)C(CCCCN)NC(=O)CNC(C)=O. The van der Waals surface area contributed by atoms with Gasteiger partial charge >= 0.3 is 5.97 Å². The minimum absolute atomic E-state index is 0.153. The van der Waals surface area contributed by atoms with Crippen molar-refractivity contribution < 1.29 is 19.1 Å². The lowest BCUT2D eigenvalue weighted by atomic mass is 10.1. The maximum Gasteiger partial charge on any atom is 0.328 e. The number of nitrogens with two attached hydrogens (primary N) is 1. The number of nitrogens with one attached hydrogen (secondary N) is 2. The maximum atomic E-state index is 11.5. The van der Waals surface area contributed by atoms with E-state index >= 15 is 0 Å². The van der Waals surface area contributed by atoms with Crippen LogP contribution in [0.5, 0.6) is 0 Å². The highest BCUT2D eigenvalue weighted by Gasteiger charge is 2.20. The van der Waals surface area contributed by atoms with Crippen LogP contribution < -0.4 is 16.4 Å². The second-order valence-corrected chi connectivity index (χ2v) is 3.84. The molecule has 0 aromatic rings. The molecule has 0 aliphatic rings. The molecular weight excluding hydrogens is 238 g/mol. The zero-order valence-electron chi connectivity index (χ0n) is 10.8. The summed E-state index contributed by atoms with van der Waals surface area (Å²) in [6.45, 7) is 1.69. The summed E-state index contributed by atoms with van der Waals surface area (Å²) in [5, 5.41) is 4.86. The van der Waals surface area contributed by atoms with Gasteiger partial charge in [-0.2, -0.15) is 0 Å². The molecule has 0 bridgehead atoms. The molecule has 0 saturated carbocycles. The molecule has 0 saturated heterocycles. The van der Waals surface area contributed by atoms with Gasteiger partial charge in [0.05, 0.1) is 13.7 Å². The Morgan fingerprint density at radius 2 is 1.94 bits per heavy atom. The van der Waals surface area contributed by atoms with E-state index in [0.717, 1.165) is 12.8 Å². The van der Waals surface area contributed by atoms with Crippen LogP contribution in [0, 0.1) is 0 Å². The first-order chi connectivity index (χ1) is 8.51. The monoisotopic (exact) mass is 259 g/mol. The van der Waals surface area contributed by atoms with Crippen molar-refractivity contribution in [3.8, 4) is 0 Å². The third-order valence-electron chi connectivity index (χ3n) is 2.27. The molecule has 0 heterocycles. The summed E-state index contributed by atoms with van der Waals surface area (Å²) < 4.78 is 4.60. The predicted octanol–water partition coefficient (Wildman–Crippen LogP) is -1.09. The van der Waals surface area contributed by atoms with Gasteiger partial charge < -0.3 is 21.1 Å². The molecular formula is C11H21N3O4. The average molecular weight is 259 g/mol. The van der Waals surface area contributed by atoms with Crippen molar-refractivity contribution in [3.05, 3.63) is 0 Å². The van der Waals surface area contributed by atoms with Gasteiger partial charge in [0.15, 0.2) is 0 Å². The van der Waals surface area contributed by atoms with Crippen LogP contribution in [-0.4, -0.2) is 44.0 Å². The Bertz CT molecular complexity index is 294. The number of hydrogen-bond donors (Lipinski definition) is 3. The minimum atomic E-state index is -0.692. The number of rotatable bonds is 8. The van der Waals surface area contributed by atoms with E-state index in [2.05, 4.69) is 15.4 Å². The minimum Gasteiger partial charge on any atom is -0.467 e. The highest BCUT2D eigenvalue weighted by Crippen LogP contribution is 2.02. The lowest BCUT2D eigenvalue weighted by Crippen LogP contribution is -2.45. The van der Waals surface area contributed by atoms with Gasteiger partial charge in [0.2, 0.25) is 11.8 Å². The number of methoxy groups -OCH3 is 1. The Morgan fingerprint density at radius 3 is 2.44 bits per heavy atom. The van der Waals surface area contributed by atoms with Crippen LogP contribution in [0.4, 0.5) is 0 Å². The van der Waals surface area contributed by atoms with E-state index in [1.165, 1.54) is 14.0 Å². The molecule has 0 aliphatic heterocycles. The number of ether oxygens (including phenoxy) is 1. The molecule has 1 atom stereocenters. The van der Waals surface area contributed by atoms with E-state index < -0.39 is 17.9 Å². The summed E-state index contributed by atoms with van der Waals surface area (Å²) >= 11 is 0. The summed E-state index contributed by atoms with van der Waals surface area (Å²) in [5.74, 6) is -1.22. The van der Waals surface area contributed by atoms with Crippen LogP contribution in [-0.2, 0) is 19.1 Å². The molecule has 0 aromatic carbocycles. The standard InChI is InChI=1S/C11H21N3O4/c1-8(15)13-7-10(16)14-9(11(17)18-2)5-3-4-6-12/h9H,3-7,12H2,1-2H3,(H,13,15)(H,14,16). The highest BCUT2D eigenvalue weighted by molar-refractivity contribution is 5.87. The Labute approximate surface area is 106 Å². The molecule has 1 unspecified atom stereocenters. The molecule has 0 aliphatic carbocycles. The van der Waals surface area contributed by atoms with E-state index in [0.29, 0.717) is 13.0 Å². The zero-order valence-corrected chi connectivity index (χ0v) is 10.8. The first-order valence-electron chi connectivity index (χ1n) is 5.83. The van der Waals surface area contributed by atoms with Crippen LogP contribution in [0.2, 0.25) is 0 Å². The van der Waals surface area contributed by atoms with Gasteiger partial charge in [-0.15, -0.1) is 0 Å². The molecule has 0 rings (SSSR count). The number of amides is 2. The van der Waals surface area contributed by atoms with Gasteiger partial charge in [0, 0.05) is 6.92 Å². The second-order valence-electron chi connectivity index (χ2n) is 3.84. The van der Waals surface area contributed by atoms with Gasteiger partial charge in [0.1, 0.15) is 6.04 Å². The smallest absolute Gasteiger partial charge is 0.328 e. The van der Waals surface area contributed by atoms with Gasteiger partial charge in [-0.3, -0.25) is 9.59 Å². The van der Waals surface area contributed by atoms with E-state index in [4.69, 9.17) is 5.73 Å². The number of carbonyl (C=O) groups is 3. The largest absolute Gasteiger partial charge is 0.467 e. The molecule has 7 heteroatoms. The van der Waals surface area contributed by atoms with Crippen molar-refractivity contribution >= 4 is 17.8 Å².